The van der Waals surface area contributed by atoms with Gasteiger partial charge in [-0.3, -0.25) is 9.67 Å². The van der Waals surface area contributed by atoms with Crippen LogP contribution in [0.5, 0.6) is 0 Å². The molecule has 0 saturated carbocycles. The third kappa shape index (κ3) is 4.06. The number of aromatic nitrogens is 8. The Hall–Kier alpha value is -4.38. The molecular formula is C24H24N10O. The number of anilines is 3. The zero-order valence-electron chi connectivity index (χ0n) is 19.4. The van der Waals surface area contributed by atoms with E-state index in [0.717, 1.165) is 58.1 Å². The van der Waals surface area contributed by atoms with Crippen LogP contribution < -0.4 is 10.2 Å². The Morgan fingerprint density at radius 2 is 1.89 bits per heavy atom. The van der Waals surface area contributed by atoms with Crippen LogP contribution in [0.1, 0.15) is 5.69 Å². The first-order chi connectivity index (χ1) is 17.2. The highest BCUT2D eigenvalue weighted by Crippen LogP contribution is 2.31. The maximum absolute atomic E-state index is 5.54. The van der Waals surface area contributed by atoms with Gasteiger partial charge >= 0.3 is 0 Å². The van der Waals surface area contributed by atoms with Gasteiger partial charge in [0.05, 0.1) is 30.1 Å². The summed E-state index contributed by atoms with van der Waals surface area (Å²) in [5.41, 5.74) is 6.32. The maximum Gasteiger partial charge on any atom is 0.228 e. The van der Waals surface area contributed by atoms with Crippen molar-refractivity contribution in [3.63, 3.8) is 0 Å². The maximum atomic E-state index is 5.54. The van der Waals surface area contributed by atoms with E-state index >= 15 is 0 Å². The molecule has 0 bridgehead atoms. The fourth-order valence-electron chi connectivity index (χ4n) is 4.32. The number of aryl methyl sites for hydroxylation is 2. The quantitative estimate of drug-likeness (QED) is 0.400. The van der Waals surface area contributed by atoms with Crippen LogP contribution in [0.4, 0.5) is 17.5 Å². The molecule has 0 atom stereocenters. The van der Waals surface area contributed by atoms with Gasteiger partial charge in [0, 0.05) is 49.2 Å². The molecule has 11 heteroatoms. The Morgan fingerprint density at radius 1 is 1.06 bits per heavy atom. The molecule has 5 aromatic rings. The summed E-state index contributed by atoms with van der Waals surface area (Å²) in [4.78, 5) is 19.5. The summed E-state index contributed by atoms with van der Waals surface area (Å²) < 4.78 is 7.40. The number of fused-ring (bicyclic) bond motifs is 1. The van der Waals surface area contributed by atoms with Crippen molar-refractivity contribution in [2.75, 3.05) is 36.5 Å². The Balaban J connectivity index is 1.41. The van der Waals surface area contributed by atoms with Crippen LogP contribution in [-0.2, 0) is 11.8 Å². The molecule has 1 saturated heterocycles. The van der Waals surface area contributed by atoms with Crippen molar-refractivity contribution in [2.45, 2.75) is 6.92 Å². The molecular weight excluding hydrogens is 444 g/mol. The summed E-state index contributed by atoms with van der Waals surface area (Å²) in [5, 5.41) is 15.9. The van der Waals surface area contributed by atoms with Crippen LogP contribution in [0.2, 0.25) is 0 Å². The van der Waals surface area contributed by atoms with Crippen molar-refractivity contribution < 1.29 is 4.74 Å². The highest BCUT2D eigenvalue weighted by Gasteiger charge is 2.19. The molecule has 11 nitrogen and oxygen atoms in total. The molecule has 1 fully saturated rings. The van der Waals surface area contributed by atoms with Gasteiger partial charge in [0.2, 0.25) is 5.95 Å². The molecule has 35 heavy (non-hydrogen) atoms. The van der Waals surface area contributed by atoms with Gasteiger partial charge < -0.3 is 19.9 Å². The molecule has 0 unspecified atom stereocenters. The van der Waals surface area contributed by atoms with Crippen molar-refractivity contribution in [3.8, 4) is 22.6 Å². The van der Waals surface area contributed by atoms with Crippen LogP contribution in [0.3, 0.4) is 0 Å². The number of morpholine rings is 1. The minimum Gasteiger partial charge on any atom is -0.378 e. The van der Waals surface area contributed by atoms with Crippen LogP contribution in [0.15, 0.2) is 48.9 Å². The average Bonchev–Trinajstić information content (AvgIpc) is 3.53. The third-order valence-corrected chi connectivity index (χ3v) is 6.02. The van der Waals surface area contributed by atoms with E-state index in [9.17, 15) is 0 Å². The van der Waals surface area contributed by atoms with E-state index in [1.54, 1.807) is 12.5 Å². The van der Waals surface area contributed by atoms with Crippen molar-refractivity contribution in [1.29, 1.82) is 0 Å². The summed E-state index contributed by atoms with van der Waals surface area (Å²) in [7, 11) is 1.93. The number of ether oxygens (including phenoxy) is 1. The van der Waals surface area contributed by atoms with Gasteiger partial charge in [-0.2, -0.15) is 10.1 Å². The van der Waals surface area contributed by atoms with Gasteiger partial charge in [-0.15, -0.1) is 10.2 Å². The lowest BCUT2D eigenvalue weighted by atomic mass is 10.1. The summed E-state index contributed by atoms with van der Waals surface area (Å²) in [6.07, 6.45) is 3.37. The molecule has 6 rings (SSSR count). The fourth-order valence-corrected chi connectivity index (χ4v) is 4.32. The zero-order chi connectivity index (χ0) is 23.8. The number of nitrogens with one attached hydrogen (secondary N) is 2. The normalized spacial score (nSPS) is 13.9. The highest BCUT2D eigenvalue weighted by molar-refractivity contribution is 5.92. The SMILES string of the molecule is Cc1nn(C)c2c(-c3cc(Nc4ccc(-c5nnc[nH]5)cc4)nc(N4CCOCC4)n3)ccnc12. The van der Waals surface area contributed by atoms with Crippen LogP contribution >= 0.6 is 0 Å². The molecule has 0 spiro atoms. The zero-order valence-corrected chi connectivity index (χ0v) is 19.4. The van der Waals surface area contributed by atoms with Gasteiger partial charge in [-0.05, 0) is 37.3 Å². The van der Waals surface area contributed by atoms with Gasteiger partial charge in [0.25, 0.3) is 0 Å². The predicted molar refractivity (Wildman–Crippen MR) is 132 cm³/mol. The van der Waals surface area contributed by atoms with Gasteiger partial charge in [0.15, 0.2) is 5.82 Å². The van der Waals surface area contributed by atoms with Crippen LogP contribution in [-0.4, -0.2) is 66.2 Å². The Kier molecular flexibility index (Phi) is 5.30. The van der Waals surface area contributed by atoms with E-state index in [1.807, 2.05) is 55.1 Å². The molecule has 1 aliphatic rings. The molecule has 0 amide bonds. The van der Waals surface area contributed by atoms with E-state index in [1.165, 1.54) is 0 Å². The van der Waals surface area contributed by atoms with Crippen LogP contribution in [0.25, 0.3) is 33.7 Å². The number of aromatic amines is 1. The number of benzene rings is 1. The highest BCUT2D eigenvalue weighted by atomic mass is 16.5. The van der Waals surface area contributed by atoms with Crippen molar-refractivity contribution in [1.82, 2.24) is 39.9 Å². The first kappa shape index (κ1) is 21.2. The van der Waals surface area contributed by atoms with E-state index in [0.29, 0.717) is 25.0 Å². The lowest BCUT2D eigenvalue weighted by Crippen LogP contribution is -2.37. The van der Waals surface area contributed by atoms with E-state index in [4.69, 9.17) is 14.7 Å². The van der Waals surface area contributed by atoms with Crippen molar-refractivity contribution >= 4 is 28.5 Å². The predicted octanol–water partition coefficient (Wildman–Crippen LogP) is 3.10. The smallest absolute Gasteiger partial charge is 0.228 e. The first-order valence-electron chi connectivity index (χ1n) is 11.4. The molecule has 1 aliphatic heterocycles. The molecule has 0 radical (unpaired) electrons. The summed E-state index contributed by atoms with van der Waals surface area (Å²) in [6.45, 7) is 4.75. The third-order valence-electron chi connectivity index (χ3n) is 6.02. The minimum absolute atomic E-state index is 0.653. The summed E-state index contributed by atoms with van der Waals surface area (Å²) in [5.74, 6) is 2.09. The second-order valence-electron chi connectivity index (χ2n) is 8.34. The molecule has 1 aromatic carbocycles. The lowest BCUT2D eigenvalue weighted by Gasteiger charge is -2.27. The molecule has 4 aromatic heterocycles. The molecule has 176 valence electrons. The van der Waals surface area contributed by atoms with Crippen molar-refractivity contribution in [3.05, 3.63) is 54.6 Å². The standard InChI is InChI=1S/C24H24N10O/c1-15-21-22(33(2)32-15)18(7-8-25-21)19-13-20(30-24(29-19)34-9-11-35-12-10-34)28-17-5-3-16(4-6-17)23-26-14-27-31-23/h3-8,13-14H,9-12H2,1-2H3,(H,26,27,31)(H,28,29,30). The number of hydrogen-bond donors (Lipinski definition) is 2. The number of H-pyrrole nitrogens is 1. The second kappa shape index (κ2) is 8.76. The molecule has 5 heterocycles. The van der Waals surface area contributed by atoms with E-state index in [-0.39, 0.29) is 0 Å². The lowest BCUT2D eigenvalue weighted by molar-refractivity contribution is 0.122. The summed E-state index contributed by atoms with van der Waals surface area (Å²) >= 11 is 0. The largest absolute Gasteiger partial charge is 0.378 e. The molecule has 2 N–H and O–H groups in total. The molecule has 0 aliphatic carbocycles. The Bertz CT molecular complexity index is 1470. The topological polar surface area (TPSA) is 123 Å². The van der Waals surface area contributed by atoms with Gasteiger partial charge in [-0.25, -0.2) is 4.98 Å². The van der Waals surface area contributed by atoms with Gasteiger partial charge in [-0.1, -0.05) is 0 Å². The number of hydrogen-bond acceptors (Lipinski definition) is 9. The summed E-state index contributed by atoms with van der Waals surface area (Å²) in [6, 6.07) is 11.9. The average molecular weight is 469 g/mol. The van der Waals surface area contributed by atoms with E-state index < -0.39 is 0 Å². The Morgan fingerprint density at radius 3 is 2.66 bits per heavy atom. The monoisotopic (exact) mass is 468 g/mol. The number of pyridine rings is 1. The fraction of sp³-hybridized carbons (Fsp3) is 0.250. The van der Waals surface area contributed by atoms with Crippen LogP contribution in [0, 0.1) is 6.92 Å². The van der Waals surface area contributed by atoms with E-state index in [2.05, 4.69) is 35.5 Å². The number of rotatable bonds is 5. The Labute approximate surface area is 201 Å². The van der Waals surface area contributed by atoms with Crippen molar-refractivity contribution in [2.24, 2.45) is 7.05 Å². The van der Waals surface area contributed by atoms with Gasteiger partial charge in [0.1, 0.15) is 17.7 Å². The number of nitrogens with zero attached hydrogens (tertiary/aromatic N) is 8. The minimum atomic E-state index is 0.653. The second-order valence-corrected chi connectivity index (χ2v) is 8.34. The first-order valence-corrected chi connectivity index (χ1v) is 11.4.